The molecule has 0 radical (unpaired) electrons. The van der Waals surface area contributed by atoms with E-state index in [0.29, 0.717) is 19.3 Å². The zero-order valence-corrected chi connectivity index (χ0v) is 12.5. The number of likely N-dealkylation sites (tertiary alicyclic amines) is 1. The lowest BCUT2D eigenvalue weighted by atomic mass is 10.1. The second-order valence-electron chi connectivity index (χ2n) is 5.50. The van der Waals surface area contributed by atoms with E-state index in [1.807, 2.05) is 24.0 Å². The van der Waals surface area contributed by atoms with Crippen LogP contribution in [-0.2, 0) is 16.0 Å². The van der Waals surface area contributed by atoms with Crippen molar-refractivity contribution in [2.24, 2.45) is 0 Å². The summed E-state index contributed by atoms with van der Waals surface area (Å²) < 4.78 is 5.78. The Kier molecular flexibility index (Phi) is 5.42. The van der Waals surface area contributed by atoms with E-state index in [-0.39, 0.29) is 18.4 Å². The van der Waals surface area contributed by atoms with Crippen molar-refractivity contribution in [1.82, 2.24) is 4.90 Å². The first-order valence-corrected chi connectivity index (χ1v) is 7.71. The smallest absolute Gasteiger partial charge is 0.303 e. The van der Waals surface area contributed by atoms with Gasteiger partial charge in [0.05, 0.1) is 6.04 Å². The molecule has 1 unspecified atom stereocenters. The van der Waals surface area contributed by atoms with Gasteiger partial charge in [-0.15, -0.1) is 0 Å². The molecular weight excluding hydrogens is 270 g/mol. The van der Waals surface area contributed by atoms with E-state index < -0.39 is 5.97 Å². The number of carbonyl (C=O) groups is 2. The minimum absolute atomic E-state index is 0.0530. The first kappa shape index (κ1) is 15.6. The van der Waals surface area contributed by atoms with E-state index in [2.05, 4.69) is 0 Å². The van der Waals surface area contributed by atoms with Crippen LogP contribution in [0.25, 0.3) is 0 Å². The Hall–Kier alpha value is -1.78. The molecule has 1 aliphatic rings. The molecule has 0 aliphatic carbocycles. The summed E-state index contributed by atoms with van der Waals surface area (Å²) in [5, 5.41) is 8.60. The molecule has 0 aromatic carbocycles. The average Bonchev–Trinajstić information content (AvgIpc) is 3.10. The third kappa shape index (κ3) is 4.09. The van der Waals surface area contributed by atoms with Gasteiger partial charge < -0.3 is 14.4 Å². The predicted molar refractivity (Wildman–Crippen MR) is 77.9 cm³/mol. The normalized spacial score (nSPS) is 18.1. The lowest BCUT2D eigenvalue weighted by Crippen LogP contribution is -2.30. The maximum absolute atomic E-state index is 12.3. The third-order valence-electron chi connectivity index (χ3n) is 3.96. The van der Waals surface area contributed by atoms with E-state index >= 15 is 0 Å². The summed E-state index contributed by atoms with van der Waals surface area (Å²) in [6, 6.07) is 4.00. The van der Waals surface area contributed by atoms with Crippen LogP contribution in [-0.4, -0.2) is 28.4 Å². The van der Waals surface area contributed by atoms with Crippen LogP contribution >= 0.6 is 0 Å². The molecule has 1 aromatic heterocycles. The van der Waals surface area contributed by atoms with Gasteiger partial charge in [-0.25, -0.2) is 0 Å². The van der Waals surface area contributed by atoms with Crippen molar-refractivity contribution in [3.05, 3.63) is 23.7 Å². The standard InChI is InChI=1S/C16H23NO4/c1-2-12-9-10-14(21-12)13-6-5-11-17(13)15(18)7-3-4-8-16(19)20/h9-10,13H,2-8,11H2,1H3,(H,19,20). The van der Waals surface area contributed by atoms with Crippen molar-refractivity contribution in [3.8, 4) is 0 Å². The Bertz CT molecular complexity index is 494. The highest BCUT2D eigenvalue weighted by atomic mass is 16.4. The first-order chi connectivity index (χ1) is 10.1. The van der Waals surface area contributed by atoms with Crippen LogP contribution in [0.15, 0.2) is 16.5 Å². The van der Waals surface area contributed by atoms with Crippen LogP contribution in [0.4, 0.5) is 0 Å². The van der Waals surface area contributed by atoms with E-state index in [9.17, 15) is 9.59 Å². The summed E-state index contributed by atoms with van der Waals surface area (Å²) in [5.41, 5.74) is 0. The molecule has 1 N–H and O–H groups in total. The predicted octanol–water partition coefficient (Wildman–Crippen LogP) is 3.15. The molecule has 2 heterocycles. The number of furan rings is 1. The minimum Gasteiger partial charge on any atom is -0.481 e. The fraction of sp³-hybridized carbons (Fsp3) is 0.625. The number of aryl methyl sites for hydroxylation is 1. The van der Waals surface area contributed by atoms with Gasteiger partial charge in [-0.2, -0.15) is 0 Å². The van der Waals surface area contributed by atoms with Crippen LogP contribution in [0.2, 0.25) is 0 Å². The average molecular weight is 293 g/mol. The number of carboxylic acids is 1. The fourth-order valence-electron chi connectivity index (χ4n) is 2.82. The molecule has 1 amide bonds. The van der Waals surface area contributed by atoms with Crippen LogP contribution < -0.4 is 0 Å². The summed E-state index contributed by atoms with van der Waals surface area (Å²) in [4.78, 5) is 24.6. The molecular formula is C16H23NO4. The van der Waals surface area contributed by atoms with Crippen LogP contribution in [0.1, 0.15) is 63.0 Å². The van der Waals surface area contributed by atoms with Gasteiger partial charge in [0.1, 0.15) is 11.5 Å². The number of hydrogen-bond donors (Lipinski definition) is 1. The molecule has 1 fully saturated rings. The zero-order valence-electron chi connectivity index (χ0n) is 12.5. The maximum Gasteiger partial charge on any atom is 0.303 e. The van der Waals surface area contributed by atoms with Gasteiger partial charge in [-0.05, 0) is 37.8 Å². The largest absolute Gasteiger partial charge is 0.481 e. The maximum atomic E-state index is 12.3. The van der Waals surface area contributed by atoms with Gasteiger partial charge >= 0.3 is 5.97 Å². The molecule has 116 valence electrons. The summed E-state index contributed by atoms with van der Waals surface area (Å²) in [7, 11) is 0. The van der Waals surface area contributed by atoms with Crippen LogP contribution in [0.5, 0.6) is 0 Å². The van der Waals surface area contributed by atoms with Gasteiger partial charge in [-0.3, -0.25) is 9.59 Å². The van der Waals surface area contributed by atoms with Crippen molar-refractivity contribution in [2.45, 2.75) is 57.9 Å². The minimum atomic E-state index is -0.802. The van der Waals surface area contributed by atoms with Crippen molar-refractivity contribution < 1.29 is 19.1 Å². The summed E-state index contributed by atoms with van der Waals surface area (Å²) in [6.45, 7) is 2.81. The van der Waals surface area contributed by atoms with Gasteiger partial charge in [0.15, 0.2) is 0 Å². The molecule has 5 heteroatoms. The Morgan fingerprint density at radius 1 is 1.33 bits per heavy atom. The number of amides is 1. The summed E-state index contributed by atoms with van der Waals surface area (Å²) in [5.74, 6) is 1.13. The Labute approximate surface area is 124 Å². The fourth-order valence-corrected chi connectivity index (χ4v) is 2.82. The quantitative estimate of drug-likeness (QED) is 0.784. The second kappa shape index (κ2) is 7.29. The SMILES string of the molecule is CCc1ccc(C2CCCN2C(=O)CCCCC(=O)O)o1. The van der Waals surface area contributed by atoms with Gasteiger partial charge in [0.25, 0.3) is 0 Å². The molecule has 1 saturated heterocycles. The molecule has 1 atom stereocenters. The summed E-state index contributed by atoms with van der Waals surface area (Å²) >= 11 is 0. The number of nitrogens with zero attached hydrogens (tertiary/aromatic N) is 1. The number of carboxylic acid groups (broad SMARTS) is 1. The second-order valence-corrected chi connectivity index (χ2v) is 5.50. The monoisotopic (exact) mass is 293 g/mol. The highest BCUT2D eigenvalue weighted by molar-refractivity contribution is 5.77. The van der Waals surface area contributed by atoms with E-state index in [4.69, 9.17) is 9.52 Å². The van der Waals surface area contributed by atoms with E-state index in [0.717, 1.165) is 37.3 Å². The Morgan fingerprint density at radius 2 is 2.10 bits per heavy atom. The Balaban J connectivity index is 1.88. The van der Waals surface area contributed by atoms with E-state index in [1.54, 1.807) is 0 Å². The molecule has 5 nitrogen and oxygen atoms in total. The summed E-state index contributed by atoms with van der Waals surface area (Å²) in [6.07, 6.45) is 4.54. The topological polar surface area (TPSA) is 70.8 Å². The van der Waals surface area contributed by atoms with Gasteiger partial charge in [-0.1, -0.05) is 6.92 Å². The third-order valence-corrected chi connectivity index (χ3v) is 3.96. The van der Waals surface area contributed by atoms with Gasteiger partial charge in [0.2, 0.25) is 5.91 Å². The highest BCUT2D eigenvalue weighted by Crippen LogP contribution is 2.33. The van der Waals surface area contributed by atoms with Crippen molar-refractivity contribution in [1.29, 1.82) is 0 Å². The number of carbonyl (C=O) groups excluding carboxylic acids is 1. The van der Waals surface area contributed by atoms with Crippen molar-refractivity contribution in [3.63, 3.8) is 0 Å². The molecule has 21 heavy (non-hydrogen) atoms. The Morgan fingerprint density at radius 3 is 2.76 bits per heavy atom. The molecule has 1 aromatic rings. The van der Waals surface area contributed by atoms with Crippen LogP contribution in [0.3, 0.4) is 0 Å². The zero-order chi connectivity index (χ0) is 15.2. The number of hydrogen-bond acceptors (Lipinski definition) is 3. The number of aliphatic carboxylic acids is 1. The lowest BCUT2D eigenvalue weighted by molar-refractivity contribution is -0.137. The van der Waals surface area contributed by atoms with Gasteiger partial charge in [0, 0.05) is 25.8 Å². The molecule has 0 bridgehead atoms. The first-order valence-electron chi connectivity index (χ1n) is 7.71. The highest BCUT2D eigenvalue weighted by Gasteiger charge is 2.31. The molecule has 1 aliphatic heterocycles. The van der Waals surface area contributed by atoms with Crippen molar-refractivity contribution >= 4 is 11.9 Å². The van der Waals surface area contributed by atoms with Crippen molar-refractivity contribution in [2.75, 3.05) is 6.54 Å². The number of unbranched alkanes of at least 4 members (excludes halogenated alkanes) is 1. The molecule has 2 rings (SSSR count). The molecule has 0 spiro atoms. The van der Waals surface area contributed by atoms with E-state index in [1.165, 1.54) is 0 Å². The lowest BCUT2D eigenvalue weighted by Gasteiger charge is -2.23. The van der Waals surface area contributed by atoms with Crippen LogP contribution in [0, 0.1) is 0 Å². The molecule has 0 saturated carbocycles. The number of rotatable bonds is 7.